The van der Waals surface area contributed by atoms with Crippen molar-refractivity contribution in [1.29, 1.82) is 0 Å². The van der Waals surface area contributed by atoms with E-state index in [2.05, 4.69) is 47.3 Å². The molecule has 0 saturated heterocycles. The third kappa shape index (κ3) is 4.12. The summed E-state index contributed by atoms with van der Waals surface area (Å²) in [6, 6.07) is 10.7. The van der Waals surface area contributed by atoms with Crippen LogP contribution in [0.1, 0.15) is 44.6 Å². The van der Waals surface area contributed by atoms with Crippen LogP contribution in [0.15, 0.2) is 35.5 Å². The van der Waals surface area contributed by atoms with E-state index in [4.69, 9.17) is 4.84 Å². The van der Waals surface area contributed by atoms with Gasteiger partial charge in [-0.3, -0.25) is 0 Å². The second-order valence-electron chi connectivity index (χ2n) is 8.78. The van der Waals surface area contributed by atoms with Gasteiger partial charge in [-0.1, -0.05) is 42.4 Å². The summed E-state index contributed by atoms with van der Waals surface area (Å²) in [6.45, 7) is 3.73. The second-order valence-corrected chi connectivity index (χ2v) is 8.78. The number of nitrogens with zero attached hydrogens (tertiary/aromatic N) is 2. The zero-order valence-corrected chi connectivity index (χ0v) is 16.5. The molecule has 0 bridgehead atoms. The third-order valence-electron chi connectivity index (χ3n) is 6.76. The van der Waals surface area contributed by atoms with E-state index in [1.165, 1.54) is 12.0 Å². The first kappa shape index (κ1) is 19.4. The van der Waals surface area contributed by atoms with Crippen molar-refractivity contribution >= 4 is 6.21 Å². The van der Waals surface area contributed by atoms with Crippen LogP contribution in [0.3, 0.4) is 0 Å². The number of hydrogen-bond donors (Lipinski definition) is 1. The summed E-state index contributed by atoms with van der Waals surface area (Å²) >= 11 is 0. The summed E-state index contributed by atoms with van der Waals surface area (Å²) in [5, 5.41) is 15.7. The Kier molecular flexibility index (Phi) is 6.03. The molecule has 1 aromatic carbocycles. The molecule has 4 heteroatoms. The van der Waals surface area contributed by atoms with Crippen LogP contribution in [-0.4, -0.2) is 49.1 Å². The number of likely N-dealkylation sites (N-methyl/N-ethyl adjacent to an activating group) is 1. The Labute approximate surface area is 158 Å². The number of rotatable bonds is 7. The van der Waals surface area contributed by atoms with E-state index in [0.717, 1.165) is 38.6 Å². The Bertz CT molecular complexity index is 603. The zero-order chi connectivity index (χ0) is 18.6. The molecule has 26 heavy (non-hydrogen) atoms. The fraction of sp³-hybridized carbons (Fsp3) is 0.682. The van der Waals surface area contributed by atoms with E-state index < -0.39 is 5.60 Å². The molecule has 3 rings (SSSR count). The maximum absolute atomic E-state index is 11.5. The molecule has 0 heterocycles. The standard InChI is InChI=1S/C22H34N2O2/c1-21-11-9-19(15-18-7-5-4-6-8-18)16-22(21,25)12-10-20(21)17-23-26-14-13-24(2)3/h4-8,17,19-20,25H,9-16H2,1-3H3/t19-,20-,21-,22+/m1/s1. The molecule has 0 unspecified atom stereocenters. The van der Waals surface area contributed by atoms with Crippen molar-refractivity contribution < 1.29 is 9.94 Å². The Morgan fingerprint density at radius 1 is 1.23 bits per heavy atom. The topological polar surface area (TPSA) is 45.1 Å². The summed E-state index contributed by atoms with van der Waals surface area (Å²) in [4.78, 5) is 7.49. The van der Waals surface area contributed by atoms with Crippen LogP contribution in [0.5, 0.6) is 0 Å². The molecule has 0 radical (unpaired) electrons. The number of fused-ring (bicyclic) bond motifs is 1. The molecule has 0 amide bonds. The molecule has 4 nitrogen and oxygen atoms in total. The molecule has 1 aromatic rings. The van der Waals surface area contributed by atoms with E-state index in [1.807, 2.05) is 20.3 Å². The van der Waals surface area contributed by atoms with Gasteiger partial charge in [0, 0.05) is 24.1 Å². The van der Waals surface area contributed by atoms with Gasteiger partial charge in [0.25, 0.3) is 0 Å². The molecule has 2 aliphatic carbocycles. The molecular weight excluding hydrogens is 324 g/mol. The van der Waals surface area contributed by atoms with Gasteiger partial charge in [-0.2, -0.15) is 0 Å². The predicted molar refractivity (Wildman–Crippen MR) is 106 cm³/mol. The minimum absolute atomic E-state index is 0.0748. The average molecular weight is 359 g/mol. The maximum Gasteiger partial charge on any atom is 0.129 e. The Hall–Kier alpha value is -1.39. The van der Waals surface area contributed by atoms with Gasteiger partial charge in [-0.25, -0.2) is 0 Å². The van der Waals surface area contributed by atoms with E-state index in [-0.39, 0.29) is 5.41 Å². The summed E-state index contributed by atoms with van der Waals surface area (Å²) in [5.41, 5.74) is 0.745. The van der Waals surface area contributed by atoms with Crippen LogP contribution >= 0.6 is 0 Å². The molecule has 1 N–H and O–H groups in total. The SMILES string of the molecule is CN(C)CCON=C[C@H]1CC[C@]2(O)C[C@@H](Cc3ccccc3)CC[C@]12C. The average Bonchev–Trinajstić information content (AvgIpc) is 2.86. The first-order valence-corrected chi connectivity index (χ1v) is 9.99. The van der Waals surface area contributed by atoms with Crippen LogP contribution in [0, 0.1) is 17.3 Å². The van der Waals surface area contributed by atoms with Crippen molar-refractivity contribution in [2.24, 2.45) is 22.4 Å². The molecule has 2 fully saturated rings. The van der Waals surface area contributed by atoms with Crippen LogP contribution in [0.4, 0.5) is 0 Å². The summed E-state index contributed by atoms with van der Waals surface area (Å²) in [5.74, 6) is 0.882. The Morgan fingerprint density at radius 3 is 2.73 bits per heavy atom. The highest BCUT2D eigenvalue weighted by Gasteiger charge is 2.58. The molecule has 2 saturated carbocycles. The highest BCUT2D eigenvalue weighted by Crippen LogP contribution is 2.58. The second kappa shape index (κ2) is 8.10. The van der Waals surface area contributed by atoms with Gasteiger partial charge >= 0.3 is 0 Å². The summed E-state index contributed by atoms with van der Waals surface area (Å²) < 4.78 is 0. The molecule has 4 atom stereocenters. The quantitative estimate of drug-likeness (QED) is 0.459. The molecule has 2 aliphatic rings. The predicted octanol–water partition coefficient (Wildman–Crippen LogP) is 3.74. The molecule has 144 valence electrons. The van der Waals surface area contributed by atoms with Gasteiger partial charge in [0.15, 0.2) is 0 Å². The lowest BCUT2D eigenvalue weighted by Gasteiger charge is -2.48. The number of oxime groups is 1. The number of benzene rings is 1. The van der Waals surface area contributed by atoms with Crippen molar-refractivity contribution in [3.63, 3.8) is 0 Å². The van der Waals surface area contributed by atoms with Gasteiger partial charge in [0.1, 0.15) is 6.61 Å². The molecular formula is C22H34N2O2. The van der Waals surface area contributed by atoms with E-state index in [0.29, 0.717) is 18.4 Å². The monoisotopic (exact) mass is 358 g/mol. The first-order valence-electron chi connectivity index (χ1n) is 9.99. The molecule has 0 spiro atoms. The van der Waals surface area contributed by atoms with Crippen molar-refractivity contribution in [3.05, 3.63) is 35.9 Å². The fourth-order valence-electron chi connectivity index (χ4n) is 4.93. The largest absolute Gasteiger partial charge is 0.395 e. The molecule has 0 aromatic heterocycles. The van der Waals surface area contributed by atoms with E-state index in [1.54, 1.807) is 0 Å². The highest BCUT2D eigenvalue weighted by atomic mass is 16.6. The van der Waals surface area contributed by atoms with Gasteiger partial charge in [-0.15, -0.1) is 0 Å². The van der Waals surface area contributed by atoms with Crippen LogP contribution < -0.4 is 0 Å². The first-order chi connectivity index (χ1) is 12.4. The van der Waals surface area contributed by atoms with Crippen LogP contribution in [0.25, 0.3) is 0 Å². The van der Waals surface area contributed by atoms with Crippen molar-refractivity contribution in [1.82, 2.24) is 4.90 Å². The lowest BCUT2D eigenvalue weighted by Crippen LogP contribution is -2.50. The summed E-state index contributed by atoms with van der Waals surface area (Å²) in [6.07, 6.45) is 8.07. The fourth-order valence-corrected chi connectivity index (χ4v) is 4.93. The Balaban J connectivity index is 1.58. The van der Waals surface area contributed by atoms with E-state index >= 15 is 0 Å². The maximum atomic E-state index is 11.5. The smallest absolute Gasteiger partial charge is 0.129 e. The van der Waals surface area contributed by atoms with Crippen molar-refractivity contribution in [3.8, 4) is 0 Å². The minimum atomic E-state index is -0.564. The van der Waals surface area contributed by atoms with Crippen molar-refractivity contribution in [2.75, 3.05) is 27.2 Å². The van der Waals surface area contributed by atoms with Crippen LogP contribution in [0.2, 0.25) is 0 Å². The number of hydrogen-bond acceptors (Lipinski definition) is 4. The van der Waals surface area contributed by atoms with Gasteiger partial charge in [0.2, 0.25) is 0 Å². The van der Waals surface area contributed by atoms with E-state index in [9.17, 15) is 5.11 Å². The van der Waals surface area contributed by atoms with Gasteiger partial charge in [-0.05, 0) is 64.1 Å². The van der Waals surface area contributed by atoms with Gasteiger partial charge in [0.05, 0.1) is 5.60 Å². The van der Waals surface area contributed by atoms with Crippen molar-refractivity contribution in [2.45, 2.75) is 51.0 Å². The third-order valence-corrected chi connectivity index (χ3v) is 6.76. The molecule has 0 aliphatic heterocycles. The normalized spacial score (nSPS) is 34.3. The lowest BCUT2D eigenvalue weighted by atomic mass is 9.59. The zero-order valence-electron chi connectivity index (χ0n) is 16.5. The van der Waals surface area contributed by atoms with Gasteiger partial charge < -0.3 is 14.8 Å². The highest BCUT2D eigenvalue weighted by molar-refractivity contribution is 5.62. The number of aliphatic hydroxyl groups is 1. The van der Waals surface area contributed by atoms with Crippen LogP contribution in [-0.2, 0) is 11.3 Å². The minimum Gasteiger partial charge on any atom is -0.395 e. The Morgan fingerprint density at radius 2 is 2.00 bits per heavy atom. The summed E-state index contributed by atoms with van der Waals surface area (Å²) in [7, 11) is 4.05. The lowest BCUT2D eigenvalue weighted by molar-refractivity contribution is -0.106.